The van der Waals surface area contributed by atoms with Crippen molar-refractivity contribution in [2.75, 3.05) is 11.9 Å². The molecule has 1 atom stereocenters. The molecule has 2 heteroatoms. The Balaban J connectivity index is 2.24. The summed E-state index contributed by atoms with van der Waals surface area (Å²) in [6, 6.07) is 10.6. The van der Waals surface area contributed by atoms with Crippen LogP contribution < -0.4 is 4.90 Å². The monoisotopic (exact) mass is 200 g/mol. The van der Waals surface area contributed by atoms with Crippen molar-refractivity contribution in [3.05, 3.63) is 29.8 Å². The molecule has 0 spiro atoms. The Kier molecular flexibility index (Phi) is 2.64. The Morgan fingerprint density at radius 2 is 2.07 bits per heavy atom. The van der Waals surface area contributed by atoms with Crippen molar-refractivity contribution in [2.45, 2.75) is 25.8 Å². The Bertz CT molecular complexity index is 388. The minimum absolute atomic E-state index is 0.541. The van der Waals surface area contributed by atoms with Gasteiger partial charge in [0.05, 0.1) is 11.3 Å². The van der Waals surface area contributed by atoms with Gasteiger partial charge in [0.2, 0.25) is 0 Å². The average Bonchev–Trinajstić information content (AvgIpc) is 3.11. The summed E-state index contributed by atoms with van der Waals surface area (Å²) < 4.78 is 0. The van der Waals surface area contributed by atoms with Crippen LogP contribution >= 0.6 is 0 Å². The zero-order valence-electron chi connectivity index (χ0n) is 9.27. The van der Waals surface area contributed by atoms with Crippen molar-refractivity contribution in [3.63, 3.8) is 0 Å². The van der Waals surface area contributed by atoms with Crippen LogP contribution in [-0.4, -0.2) is 13.1 Å². The topological polar surface area (TPSA) is 27.0 Å². The van der Waals surface area contributed by atoms with E-state index in [9.17, 15) is 0 Å². The molecule has 0 aliphatic heterocycles. The zero-order chi connectivity index (χ0) is 10.8. The van der Waals surface area contributed by atoms with Gasteiger partial charge in [0.25, 0.3) is 0 Å². The molecule has 1 aromatic carbocycles. The summed E-state index contributed by atoms with van der Waals surface area (Å²) in [5, 5.41) is 9.03. The van der Waals surface area contributed by atoms with E-state index in [0.717, 1.165) is 17.2 Å². The third-order valence-corrected chi connectivity index (χ3v) is 3.32. The minimum atomic E-state index is 0.541. The van der Waals surface area contributed by atoms with Gasteiger partial charge in [-0.05, 0) is 37.8 Å². The summed E-state index contributed by atoms with van der Waals surface area (Å²) in [6.45, 7) is 2.24. The molecule has 1 unspecified atom stereocenters. The normalized spacial score (nSPS) is 16.9. The number of para-hydroxylation sites is 1. The van der Waals surface area contributed by atoms with E-state index in [2.05, 4.69) is 24.9 Å². The molecule has 2 nitrogen and oxygen atoms in total. The van der Waals surface area contributed by atoms with Crippen LogP contribution in [0.25, 0.3) is 0 Å². The van der Waals surface area contributed by atoms with Crippen LogP contribution in [0.4, 0.5) is 5.69 Å². The van der Waals surface area contributed by atoms with E-state index in [-0.39, 0.29) is 0 Å². The van der Waals surface area contributed by atoms with Gasteiger partial charge < -0.3 is 4.90 Å². The molecule has 0 N–H and O–H groups in total. The molecule has 1 aliphatic rings. The molecule has 1 saturated carbocycles. The van der Waals surface area contributed by atoms with Crippen LogP contribution in [0.1, 0.15) is 25.3 Å². The fourth-order valence-electron chi connectivity index (χ4n) is 1.99. The third-order valence-electron chi connectivity index (χ3n) is 3.32. The number of hydrogen-bond donors (Lipinski definition) is 0. The van der Waals surface area contributed by atoms with Gasteiger partial charge in [0.15, 0.2) is 0 Å². The smallest absolute Gasteiger partial charge is 0.101 e. The minimum Gasteiger partial charge on any atom is -0.371 e. The van der Waals surface area contributed by atoms with Gasteiger partial charge in [-0.2, -0.15) is 5.26 Å². The first kappa shape index (κ1) is 10.0. The van der Waals surface area contributed by atoms with Gasteiger partial charge in [-0.15, -0.1) is 0 Å². The maximum Gasteiger partial charge on any atom is 0.101 e. The molecule has 0 amide bonds. The predicted molar refractivity (Wildman–Crippen MR) is 61.7 cm³/mol. The lowest BCUT2D eigenvalue weighted by molar-refractivity contribution is 0.609. The molecule has 0 heterocycles. The highest BCUT2D eigenvalue weighted by molar-refractivity contribution is 5.59. The molecular formula is C13H16N2. The second-order valence-electron chi connectivity index (χ2n) is 4.32. The molecule has 0 radical (unpaired) electrons. The lowest BCUT2D eigenvalue weighted by Gasteiger charge is -2.27. The number of rotatable bonds is 3. The largest absolute Gasteiger partial charge is 0.371 e. The first-order chi connectivity index (χ1) is 7.24. The van der Waals surface area contributed by atoms with Crippen LogP contribution in [-0.2, 0) is 0 Å². The highest BCUT2D eigenvalue weighted by Gasteiger charge is 2.31. The van der Waals surface area contributed by atoms with E-state index < -0.39 is 0 Å². The lowest BCUT2D eigenvalue weighted by atomic mass is 10.1. The molecule has 0 saturated heterocycles. The highest BCUT2D eigenvalue weighted by Crippen LogP contribution is 2.36. The number of anilines is 1. The fraction of sp³-hybridized carbons (Fsp3) is 0.462. The summed E-state index contributed by atoms with van der Waals surface area (Å²) >= 11 is 0. The molecule has 0 bridgehead atoms. The van der Waals surface area contributed by atoms with Gasteiger partial charge in [0, 0.05) is 13.1 Å². The number of nitrogens with zero attached hydrogens (tertiary/aromatic N) is 2. The molecule has 1 aromatic rings. The van der Waals surface area contributed by atoms with Crippen molar-refractivity contribution in [1.29, 1.82) is 5.26 Å². The summed E-state index contributed by atoms with van der Waals surface area (Å²) in [6.07, 6.45) is 2.67. The fourth-order valence-corrected chi connectivity index (χ4v) is 1.99. The zero-order valence-corrected chi connectivity index (χ0v) is 9.27. The number of nitriles is 1. The van der Waals surface area contributed by atoms with Crippen LogP contribution in [0.5, 0.6) is 0 Å². The van der Waals surface area contributed by atoms with E-state index in [1.54, 1.807) is 0 Å². The standard InChI is InChI=1S/C13H16N2/c1-10(11-7-8-11)15(2)13-6-4-3-5-12(13)9-14/h3-6,10-11H,7-8H2,1-2H3. The summed E-state index contributed by atoms with van der Waals surface area (Å²) in [7, 11) is 2.08. The first-order valence-electron chi connectivity index (χ1n) is 5.46. The summed E-state index contributed by atoms with van der Waals surface area (Å²) in [5.74, 6) is 0.821. The maximum absolute atomic E-state index is 9.03. The maximum atomic E-state index is 9.03. The quantitative estimate of drug-likeness (QED) is 0.750. The van der Waals surface area contributed by atoms with E-state index in [4.69, 9.17) is 5.26 Å². The first-order valence-corrected chi connectivity index (χ1v) is 5.46. The predicted octanol–water partition coefficient (Wildman–Crippen LogP) is 2.79. The third kappa shape index (κ3) is 1.97. The van der Waals surface area contributed by atoms with E-state index in [1.165, 1.54) is 12.8 Å². The Labute approximate surface area is 91.1 Å². The van der Waals surface area contributed by atoms with Gasteiger partial charge in [-0.1, -0.05) is 12.1 Å². The lowest BCUT2D eigenvalue weighted by Crippen LogP contribution is -2.31. The second kappa shape index (κ2) is 3.94. The molecule has 1 fully saturated rings. The van der Waals surface area contributed by atoms with E-state index in [1.807, 2.05) is 24.3 Å². The van der Waals surface area contributed by atoms with Crippen LogP contribution in [0.3, 0.4) is 0 Å². The highest BCUT2D eigenvalue weighted by atomic mass is 15.1. The molecule has 1 aliphatic carbocycles. The van der Waals surface area contributed by atoms with Gasteiger partial charge in [0.1, 0.15) is 6.07 Å². The number of benzene rings is 1. The summed E-state index contributed by atoms with van der Waals surface area (Å²) in [5.41, 5.74) is 1.83. The van der Waals surface area contributed by atoms with Gasteiger partial charge in [-0.25, -0.2) is 0 Å². The molecular weight excluding hydrogens is 184 g/mol. The molecule has 2 rings (SSSR count). The summed E-state index contributed by atoms with van der Waals surface area (Å²) in [4.78, 5) is 2.23. The van der Waals surface area contributed by atoms with Crippen molar-refractivity contribution in [1.82, 2.24) is 0 Å². The SMILES string of the molecule is CC(C1CC1)N(C)c1ccccc1C#N. The Morgan fingerprint density at radius 1 is 1.40 bits per heavy atom. The Morgan fingerprint density at radius 3 is 2.67 bits per heavy atom. The van der Waals surface area contributed by atoms with Crippen LogP contribution in [0, 0.1) is 17.2 Å². The van der Waals surface area contributed by atoms with Crippen molar-refractivity contribution in [2.24, 2.45) is 5.92 Å². The van der Waals surface area contributed by atoms with Gasteiger partial charge in [-0.3, -0.25) is 0 Å². The van der Waals surface area contributed by atoms with E-state index in [0.29, 0.717) is 6.04 Å². The van der Waals surface area contributed by atoms with Crippen molar-refractivity contribution < 1.29 is 0 Å². The van der Waals surface area contributed by atoms with Gasteiger partial charge >= 0.3 is 0 Å². The van der Waals surface area contributed by atoms with Crippen LogP contribution in [0.15, 0.2) is 24.3 Å². The van der Waals surface area contributed by atoms with Crippen LogP contribution in [0.2, 0.25) is 0 Å². The van der Waals surface area contributed by atoms with Crippen molar-refractivity contribution >= 4 is 5.69 Å². The van der Waals surface area contributed by atoms with E-state index >= 15 is 0 Å². The van der Waals surface area contributed by atoms with Crippen molar-refractivity contribution in [3.8, 4) is 6.07 Å². The average molecular weight is 200 g/mol. The molecule has 0 aromatic heterocycles. The molecule has 15 heavy (non-hydrogen) atoms. The second-order valence-corrected chi connectivity index (χ2v) is 4.32. The molecule has 78 valence electrons. The Hall–Kier alpha value is -1.49. The number of hydrogen-bond acceptors (Lipinski definition) is 2.